The van der Waals surface area contributed by atoms with E-state index in [1.165, 1.54) is 11.1 Å². The molecule has 0 aromatic heterocycles. The van der Waals surface area contributed by atoms with Gasteiger partial charge in [0.15, 0.2) is 0 Å². The van der Waals surface area contributed by atoms with Gasteiger partial charge in [-0.15, -0.1) is 6.54 Å². The van der Waals surface area contributed by atoms with Crippen molar-refractivity contribution in [1.82, 2.24) is 0 Å². The molecule has 0 N–H and O–H groups in total. The minimum absolute atomic E-state index is 0.258. The van der Waals surface area contributed by atoms with E-state index in [4.69, 9.17) is 0 Å². The molecular weight excluding hydrogens is 170 g/mol. The van der Waals surface area contributed by atoms with Gasteiger partial charge in [-0.1, -0.05) is 45.0 Å². The summed E-state index contributed by atoms with van der Waals surface area (Å²) in [4.78, 5) is 0. The van der Waals surface area contributed by atoms with E-state index >= 15 is 0 Å². The fourth-order valence-electron chi connectivity index (χ4n) is 1.41. The fraction of sp³-hybridized carbons (Fsp3) is 0.538. The van der Waals surface area contributed by atoms with Crippen LogP contribution >= 0.6 is 0 Å². The molecular formula is C13H20N-. The largest absolute Gasteiger partial charge is 0.665 e. The maximum Gasteiger partial charge on any atom is -0.0132 e. The van der Waals surface area contributed by atoms with E-state index in [0.717, 1.165) is 13.0 Å². The van der Waals surface area contributed by atoms with Crippen LogP contribution in [0.3, 0.4) is 0 Å². The van der Waals surface area contributed by atoms with Crippen LogP contribution in [0, 0.1) is 0 Å². The molecule has 1 aromatic rings. The van der Waals surface area contributed by atoms with Crippen molar-refractivity contribution in [2.75, 3.05) is 13.6 Å². The van der Waals surface area contributed by atoms with Gasteiger partial charge in [0.05, 0.1) is 0 Å². The van der Waals surface area contributed by atoms with Crippen LogP contribution in [-0.2, 0) is 11.8 Å². The van der Waals surface area contributed by atoms with Crippen LogP contribution in [0.2, 0.25) is 0 Å². The number of nitrogens with zero attached hydrogens (tertiary/aromatic N) is 1. The van der Waals surface area contributed by atoms with E-state index in [-0.39, 0.29) is 5.41 Å². The Morgan fingerprint density at radius 1 is 1.07 bits per heavy atom. The lowest BCUT2D eigenvalue weighted by atomic mass is 9.86. The van der Waals surface area contributed by atoms with Crippen molar-refractivity contribution in [3.05, 3.63) is 40.7 Å². The second-order valence-corrected chi connectivity index (χ2v) is 4.74. The lowest BCUT2D eigenvalue weighted by Crippen LogP contribution is -2.10. The standard InChI is InChI=1S/C13H20N/c1-13(2,3)12-7-5-11(6-8-12)9-10-14-4/h5-8H,9-10H2,1-4H3/q-1. The first-order chi connectivity index (χ1) is 6.54. The average Bonchev–Trinajstić information content (AvgIpc) is 2.14. The lowest BCUT2D eigenvalue weighted by Gasteiger charge is -2.19. The summed E-state index contributed by atoms with van der Waals surface area (Å²) in [6.07, 6.45) is 1.06. The minimum Gasteiger partial charge on any atom is -0.665 e. The molecule has 0 saturated heterocycles. The van der Waals surface area contributed by atoms with E-state index in [9.17, 15) is 0 Å². The number of rotatable bonds is 3. The van der Waals surface area contributed by atoms with Crippen molar-refractivity contribution >= 4 is 0 Å². The van der Waals surface area contributed by atoms with Crippen LogP contribution in [0.25, 0.3) is 5.32 Å². The molecule has 1 aromatic carbocycles. The summed E-state index contributed by atoms with van der Waals surface area (Å²) in [5, 5.41) is 4.10. The average molecular weight is 190 g/mol. The highest BCUT2D eigenvalue weighted by atomic mass is 14.8. The van der Waals surface area contributed by atoms with E-state index in [2.05, 4.69) is 50.4 Å². The Morgan fingerprint density at radius 2 is 1.64 bits per heavy atom. The maximum atomic E-state index is 4.10. The van der Waals surface area contributed by atoms with E-state index in [1.807, 2.05) is 7.05 Å². The smallest absolute Gasteiger partial charge is 0.0132 e. The summed E-state index contributed by atoms with van der Waals surface area (Å²) in [5.74, 6) is 0. The Morgan fingerprint density at radius 3 is 2.07 bits per heavy atom. The highest BCUT2D eigenvalue weighted by Gasteiger charge is 2.12. The monoisotopic (exact) mass is 190 g/mol. The zero-order valence-electron chi connectivity index (χ0n) is 9.67. The van der Waals surface area contributed by atoms with Crippen molar-refractivity contribution in [1.29, 1.82) is 0 Å². The fourth-order valence-corrected chi connectivity index (χ4v) is 1.41. The van der Waals surface area contributed by atoms with Gasteiger partial charge in [-0.05, 0) is 23.0 Å². The number of hydrogen-bond donors (Lipinski definition) is 0. The molecule has 0 bridgehead atoms. The van der Waals surface area contributed by atoms with Gasteiger partial charge >= 0.3 is 0 Å². The summed E-state index contributed by atoms with van der Waals surface area (Å²) in [5.41, 5.74) is 3.03. The normalized spacial score (nSPS) is 11.7. The molecule has 1 nitrogen and oxygen atoms in total. The molecule has 78 valence electrons. The van der Waals surface area contributed by atoms with Gasteiger partial charge in [0.25, 0.3) is 0 Å². The summed E-state index contributed by atoms with van der Waals surface area (Å²) in [7, 11) is 1.86. The SMILES string of the molecule is C[N-]CCc1ccc(C(C)(C)C)cc1. The molecule has 0 heterocycles. The van der Waals surface area contributed by atoms with Crippen molar-refractivity contribution in [2.24, 2.45) is 0 Å². The second-order valence-electron chi connectivity index (χ2n) is 4.74. The summed E-state index contributed by atoms with van der Waals surface area (Å²) < 4.78 is 0. The highest BCUT2D eigenvalue weighted by Crippen LogP contribution is 2.22. The molecule has 0 aliphatic heterocycles. The van der Waals surface area contributed by atoms with E-state index in [1.54, 1.807) is 0 Å². The van der Waals surface area contributed by atoms with Gasteiger partial charge in [-0.25, -0.2) is 0 Å². The quantitative estimate of drug-likeness (QED) is 0.692. The van der Waals surface area contributed by atoms with Crippen molar-refractivity contribution in [3.8, 4) is 0 Å². The summed E-state index contributed by atoms with van der Waals surface area (Å²) >= 11 is 0. The Labute approximate surface area is 87.5 Å². The summed E-state index contributed by atoms with van der Waals surface area (Å²) in [6.45, 7) is 7.64. The van der Waals surface area contributed by atoms with Gasteiger partial charge in [0.2, 0.25) is 0 Å². The van der Waals surface area contributed by atoms with Gasteiger partial charge in [0.1, 0.15) is 0 Å². The minimum atomic E-state index is 0.258. The number of benzene rings is 1. The first kappa shape index (κ1) is 11.3. The summed E-state index contributed by atoms with van der Waals surface area (Å²) in [6, 6.07) is 8.88. The topological polar surface area (TPSA) is 14.1 Å². The van der Waals surface area contributed by atoms with Crippen LogP contribution in [0.15, 0.2) is 24.3 Å². The third kappa shape index (κ3) is 3.15. The molecule has 0 fully saturated rings. The van der Waals surface area contributed by atoms with Gasteiger partial charge in [0, 0.05) is 0 Å². The van der Waals surface area contributed by atoms with Crippen LogP contribution in [0.1, 0.15) is 31.9 Å². The Hall–Kier alpha value is -0.820. The molecule has 0 amide bonds. The molecule has 0 spiro atoms. The van der Waals surface area contributed by atoms with E-state index < -0.39 is 0 Å². The van der Waals surface area contributed by atoms with Crippen LogP contribution in [0.4, 0.5) is 0 Å². The predicted octanol–water partition coefficient (Wildman–Crippen LogP) is 3.53. The zero-order chi connectivity index (χ0) is 10.6. The second kappa shape index (κ2) is 4.61. The van der Waals surface area contributed by atoms with Gasteiger partial charge in [-0.2, -0.15) is 7.05 Å². The van der Waals surface area contributed by atoms with Crippen LogP contribution < -0.4 is 0 Å². The molecule has 0 atom stereocenters. The molecule has 0 radical (unpaired) electrons. The number of likely N-dealkylation sites (N-methyl/N-ethyl adjacent to an activating group) is 1. The molecule has 0 aliphatic rings. The Kier molecular flexibility index (Phi) is 3.70. The van der Waals surface area contributed by atoms with Crippen LogP contribution in [-0.4, -0.2) is 13.6 Å². The maximum absolute atomic E-state index is 4.10. The number of hydrogen-bond acceptors (Lipinski definition) is 0. The predicted molar refractivity (Wildman–Crippen MR) is 63.0 cm³/mol. The van der Waals surface area contributed by atoms with Crippen molar-refractivity contribution in [3.63, 3.8) is 0 Å². The third-order valence-corrected chi connectivity index (χ3v) is 2.44. The first-order valence-corrected chi connectivity index (χ1v) is 5.19. The molecule has 0 saturated carbocycles. The third-order valence-electron chi connectivity index (χ3n) is 2.44. The lowest BCUT2D eigenvalue weighted by molar-refractivity contribution is 0.590. The molecule has 0 unspecified atom stereocenters. The Balaban J connectivity index is 2.69. The highest BCUT2D eigenvalue weighted by molar-refractivity contribution is 5.27. The van der Waals surface area contributed by atoms with Crippen LogP contribution in [0.5, 0.6) is 0 Å². The van der Waals surface area contributed by atoms with Gasteiger partial charge < -0.3 is 5.32 Å². The molecule has 1 heteroatoms. The van der Waals surface area contributed by atoms with Gasteiger partial charge in [-0.3, -0.25) is 0 Å². The zero-order valence-corrected chi connectivity index (χ0v) is 9.67. The molecule has 14 heavy (non-hydrogen) atoms. The molecule has 0 aliphatic carbocycles. The first-order valence-electron chi connectivity index (χ1n) is 5.19. The van der Waals surface area contributed by atoms with Crippen molar-refractivity contribution in [2.45, 2.75) is 32.6 Å². The molecule has 1 rings (SSSR count). The Bertz CT molecular complexity index is 266. The van der Waals surface area contributed by atoms with Crippen molar-refractivity contribution < 1.29 is 0 Å². The van der Waals surface area contributed by atoms with E-state index in [0.29, 0.717) is 0 Å².